The number of nitrogens with zero attached hydrogens (tertiary/aromatic N) is 1. The van der Waals surface area contributed by atoms with Gasteiger partial charge in [0.25, 0.3) is 0 Å². The van der Waals surface area contributed by atoms with Crippen molar-refractivity contribution in [3.05, 3.63) is 11.1 Å². The Kier molecular flexibility index (Phi) is 9.71. The zero-order valence-corrected chi connectivity index (χ0v) is 32.9. The Hall–Kier alpha value is -2.18. The topological polar surface area (TPSA) is 101 Å². The Labute approximate surface area is 296 Å². The number of hydrogen-bond donors (Lipinski definition) is 1. The van der Waals surface area contributed by atoms with Crippen LogP contribution in [-0.2, 0) is 23.9 Å². The lowest BCUT2D eigenvalue weighted by molar-refractivity contribution is -0.233. The molecule has 5 rings (SSSR count). The summed E-state index contributed by atoms with van der Waals surface area (Å²) in [6.07, 6.45) is 9.49. The number of rotatable bonds is 9. The molecule has 276 valence electrons. The largest absolute Gasteiger partial charge is 0.481 e. The molecule has 7 heteroatoms. The number of hydrogen-bond acceptors (Lipinski definition) is 5. The number of allylic oxidation sites excluding steroid dienone is 2. The van der Waals surface area contributed by atoms with E-state index < -0.39 is 17.4 Å². The van der Waals surface area contributed by atoms with E-state index in [2.05, 4.69) is 48.5 Å². The Morgan fingerprint density at radius 1 is 0.898 bits per heavy atom. The summed E-state index contributed by atoms with van der Waals surface area (Å²) < 4.78 is 6.16. The van der Waals surface area contributed by atoms with Gasteiger partial charge in [0, 0.05) is 36.8 Å². The van der Waals surface area contributed by atoms with Gasteiger partial charge < -0.3 is 14.7 Å². The van der Waals surface area contributed by atoms with Gasteiger partial charge in [0.2, 0.25) is 5.91 Å². The highest BCUT2D eigenvalue weighted by Gasteiger charge is 2.70. The average Bonchev–Trinajstić information content (AvgIpc) is 3.29. The van der Waals surface area contributed by atoms with Crippen LogP contribution in [0.5, 0.6) is 0 Å². The van der Waals surface area contributed by atoms with Gasteiger partial charge in [-0.3, -0.25) is 19.2 Å². The SMILES string of the molecule is CC(C)C(=O)N(C)CC[C@@]12CC[C@]3(C)[C@H](CCC4[C@@]5(C)CC[C@H](OC(=O)CC(C)(C)C(=O)O)C(C)(C)C5CC[C@]43C)C1=C(C(C)C)C(=O)C2. The smallest absolute Gasteiger partial charge is 0.309 e. The van der Waals surface area contributed by atoms with Gasteiger partial charge in [0.1, 0.15) is 6.10 Å². The second kappa shape index (κ2) is 12.5. The van der Waals surface area contributed by atoms with Crippen molar-refractivity contribution in [2.24, 2.45) is 62.1 Å². The van der Waals surface area contributed by atoms with Crippen LogP contribution in [0.1, 0.15) is 147 Å². The minimum Gasteiger partial charge on any atom is -0.481 e. The van der Waals surface area contributed by atoms with Gasteiger partial charge in [-0.1, -0.05) is 67.9 Å². The van der Waals surface area contributed by atoms with Crippen molar-refractivity contribution >= 4 is 23.6 Å². The molecule has 5 aliphatic rings. The Bertz CT molecular complexity index is 1410. The molecular formula is C42H67NO6. The summed E-state index contributed by atoms with van der Waals surface area (Å²) in [7, 11) is 1.93. The molecule has 7 nitrogen and oxygen atoms in total. The molecule has 49 heavy (non-hydrogen) atoms. The highest BCUT2D eigenvalue weighted by Crippen LogP contribution is 2.77. The van der Waals surface area contributed by atoms with Crippen molar-refractivity contribution < 1.29 is 29.0 Å². The maximum Gasteiger partial charge on any atom is 0.309 e. The lowest BCUT2D eigenvalue weighted by atomic mass is 9.33. The third-order valence-electron chi connectivity index (χ3n) is 15.7. The number of Topliss-reactive ketones (excluding diaryl/α,β-unsaturated/α-hetero) is 1. The van der Waals surface area contributed by atoms with Gasteiger partial charge in [-0.25, -0.2) is 0 Å². The summed E-state index contributed by atoms with van der Waals surface area (Å²) in [5.74, 6) is 0.585. The Morgan fingerprint density at radius 2 is 1.55 bits per heavy atom. The highest BCUT2D eigenvalue weighted by molar-refractivity contribution is 6.00. The number of carbonyl (C=O) groups is 4. The molecule has 4 saturated carbocycles. The van der Waals surface area contributed by atoms with E-state index in [0.29, 0.717) is 36.5 Å². The first-order valence-corrected chi connectivity index (χ1v) is 19.4. The van der Waals surface area contributed by atoms with E-state index >= 15 is 0 Å². The molecule has 0 aliphatic heterocycles. The molecule has 0 heterocycles. The number of carboxylic acid groups (broad SMARTS) is 1. The predicted molar refractivity (Wildman–Crippen MR) is 192 cm³/mol. The fourth-order valence-electron chi connectivity index (χ4n) is 12.8. The van der Waals surface area contributed by atoms with Gasteiger partial charge in [0.05, 0.1) is 11.8 Å². The lowest BCUT2D eigenvalue weighted by Crippen LogP contribution is -2.65. The molecule has 0 radical (unpaired) electrons. The lowest BCUT2D eigenvalue weighted by Gasteiger charge is -2.72. The quantitative estimate of drug-likeness (QED) is 0.244. The van der Waals surface area contributed by atoms with Crippen LogP contribution in [0.4, 0.5) is 0 Å². The highest BCUT2D eigenvalue weighted by atomic mass is 16.5. The number of esters is 1. The Morgan fingerprint density at radius 3 is 2.14 bits per heavy atom. The van der Waals surface area contributed by atoms with Gasteiger partial charge in [-0.05, 0) is 117 Å². The molecule has 1 N–H and O–H groups in total. The number of aliphatic carboxylic acids is 1. The molecule has 2 unspecified atom stereocenters. The summed E-state index contributed by atoms with van der Waals surface area (Å²) >= 11 is 0. The van der Waals surface area contributed by atoms with Crippen LogP contribution in [0.15, 0.2) is 11.1 Å². The van der Waals surface area contributed by atoms with Gasteiger partial charge in [0.15, 0.2) is 5.78 Å². The number of carbonyl (C=O) groups excluding carboxylic acids is 3. The molecule has 0 aromatic carbocycles. The minimum atomic E-state index is -1.15. The van der Waals surface area contributed by atoms with Crippen molar-refractivity contribution in [2.75, 3.05) is 13.6 Å². The normalized spacial score (nSPS) is 38.4. The third-order valence-corrected chi connectivity index (χ3v) is 15.7. The fraction of sp³-hybridized carbons (Fsp3) is 0.857. The van der Waals surface area contributed by atoms with Crippen LogP contribution in [0, 0.1) is 62.1 Å². The van der Waals surface area contributed by atoms with Crippen LogP contribution in [0.3, 0.4) is 0 Å². The van der Waals surface area contributed by atoms with Gasteiger partial charge in [-0.2, -0.15) is 0 Å². The monoisotopic (exact) mass is 681 g/mol. The van der Waals surface area contributed by atoms with E-state index in [0.717, 1.165) is 63.4 Å². The van der Waals surface area contributed by atoms with Crippen LogP contribution < -0.4 is 0 Å². The number of ketones is 1. The molecule has 0 spiro atoms. The van der Waals surface area contributed by atoms with E-state index in [1.165, 1.54) is 5.57 Å². The van der Waals surface area contributed by atoms with E-state index in [4.69, 9.17) is 4.74 Å². The summed E-state index contributed by atoms with van der Waals surface area (Å²) in [6, 6.07) is 0. The molecule has 8 atom stereocenters. The zero-order valence-electron chi connectivity index (χ0n) is 32.9. The van der Waals surface area contributed by atoms with Crippen LogP contribution in [-0.4, -0.2) is 53.3 Å². The van der Waals surface area contributed by atoms with Crippen molar-refractivity contribution in [2.45, 2.75) is 153 Å². The minimum absolute atomic E-state index is 0.0357. The van der Waals surface area contributed by atoms with Crippen molar-refractivity contribution in [3.8, 4) is 0 Å². The van der Waals surface area contributed by atoms with Gasteiger partial charge in [-0.15, -0.1) is 0 Å². The molecule has 0 aromatic heterocycles. The maximum atomic E-state index is 13.9. The molecule has 4 fully saturated rings. The molecule has 0 saturated heterocycles. The second-order valence-electron chi connectivity index (χ2n) is 19.8. The summed E-state index contributed by atoms with van der Waals surface area (Å²) in [5, 5.41) is 9.59. The predicted octanol–water partition coefficient (Wildman–Crippen LogP) is 8.88. The van der Waals surface area contributed by atoms with Crippen molar-refractivity contribution in [3.63, 3.8) is 0 Å². The number of ether oxygens (including phenoxy) is 1. The first kappa shape index (κ1) is 38.1. The number of fused-ring (bicyclic) bond motifs is 7. The molecule has 1 amide bonds. The molecule has 0 aromatic rings. The maximum absolute atomic E-state index is 13.9. The van der Waals surface area contributed by atoms with E-state index in [1.807, 2.05) is 25.8 Å². The molecular weight excluding hydrogens is 614 g/mol. The van der Waals surface area contributed by atoms with Crippen molar-refractivity contribution in [1.29, 1.82) is 0 Å². The van der Waals surface area contributed by atoms with E-state index in [-0.39, 0.29) is 57.3 Å². The van der Waals surface area contributed by atoms with Crippen LogP contribution >= 0.6 is 0 Å². The standard InChI is InChI=1S/C42H67NO6/c1-25(2)33-28(44)23-42(21-22-43(12)35(46)26(3)4)20-19-40(10)27(34(33)42)13-14-30-39(9)17-16-31(49-32(45)24-37(5,6)36(47)48)38(7,8)29(39)15-18-41(30,40)11/h25-27,29-31H,13-24H2,1-12H3,(H,47,48)/t27-,29?,30?,31+,39+,40-,41-,42-/m1/s1. The third kappa shape index (κ3) is 5.83. The van der Waals surface area contributed by atoms with Crippen molar-refractivity contribution in [1.82, 2.24) is 4.90 Å². The number of amides is 1. The Balaban J connectivity index is 1.43. The first-order valence-electron chi connectivity index (χ1n) is 19.4. The van der Waals surface area contributed by atoms with Gasteiger partial charge >= 0.3 is 11.9 Å². The first-order chi connectivity index (χ1) is 22.5. The second-order valence-corrected chi connectivity index (χ2v) is 19.8. The fourth-order valence-corrected chi connectivity index (χ4v) is 12.8. The van der Waals surface area contributed by atoms with E-state index in [9.17, 15) is 24.3 Å². The summed E-state index contributed by atoms with van der Waals surface area (Å²) in [4.78, 5) is 53.5. The molecule has 0 bridgehead atoms. The zero-order chi connectivity index (χ0) is 36.7. The van der Waals surface area contributed by atoms with Crippen LogP contribution in [0.25, 0.3) is 0 Å². The summed E-state index contributed by atoms with van der Waals surface area (Å²) in [6.45, 7) is 24.4. The molecule has 5 aliphatic carbocycles. The van der Waals surface area contributed by atoms with E-state index in [1.54, 1.807) is 13.8 Å². The van der Waals surface area contributed by atoms with Crippen LogP contribution in [0.2, 0.25) is 0 Å². The summed E-state index contributed by atoms with van der Waals surface area (Å²) in [5.41, 5.74) is 1.34. The average molecular weight is 682 g/mol. The number of carboxylic acids is 1.